The van der Waals surface area contributed by atoms with E-state index in [4.69, 9.17) is 0 Å². The number of nitriles is 1. The predicted octanol–water partition coefficient (Wildman–Crippen LogP) is 2.96. The van der Waals surface area contributed by atoms with Gasteiger partial charge in [0.25, 0.3) is 11.5 Å². The van der Waals surface area contributed by atoms with E-state index in [1.54, 1.807) is 36.4 Å². The van der Waals surface area contributed by atoms with Crippen molar-refractivity contribution in [3.63, 3.8) is 0 Å². The van der Waals surface area contributed by atoms with Crippen LogP contribution in [0.2, 0.25) is 0 Å². The maximum Gasteiger partial charge on any atom is 0.431 e. The minimum absolute atomic E-state index is 0.0346. The van der Waals surface area contributed by atoms with Crippen molar-refractivity contribution >= 4 is 27.7 Å². The molecule has 0 atom stereocenters. The fourth-order valence-corrected chi connectivity index (χ4v) is 4.51. The van der Waals surface area contributed by atoms with E-state index in [9.17, 15) is 45.6 Å². The van der Waals surface area contributed by atoms with E-state index in [1.807, 2.05) is 0 Å². The summed E-state index contributed by atoms with van der Waals surface area (Å²) in [6.07, 6.45) is -3.09. The Morgan fingerprint density at radius 2 is 1.71 bits per heavy atom. The maximum atomic E-state index is 15.0. The fraction of sp³-hybridized carbons (Fsp3) is 0.167. The second-order valence-corrected chi connectivity index (χ2v) is 9.88. The molecule has 0 aliphatic rings. The van der Waals surface area contributed by atoms with Crippen molar-refractivity contribution in [3.8, 4) is 11.8 Å². The Bertz CT molecular complexity index is 1730. The third-order valence-corrected chi connectivity index (χ3v) is 6.32. The first-order chi connectivity index (χ1) is 17.6. The van der Waals surface area contributed by atoms with Crippen molar-refractivity contribution in [1.82, 2.24) is 9.13 Å². The molecule has 0 radical (unpaired) electrons. The summed E-state index contributed by atoms with van der Waals surface area (Å²) in [5, 5.41) is 9.53. The van der Waals surface area contributed by atoms with Gasteiger partial charge in [-0.2, -0.15) is 18.4 Å². The van der Waals surface area contributed by atoms with Gasteiger partial charge in [0.05, 0.1) is 23.2 Å². The quantitative estimate of drug-likeness (QED) is 0.356. The number of halogens is 4. The molecule has 0 saturated heterocycles. The molecule has 3 aromatic rings. The zero-order valence-corrected chi connectivity index (χ0v) is 20.8. The van der Waals surface area contributed by atoms with E-state index in [1.165, 1.54) is 13.0 Å². The first kappa shape index (κ1) is 28.1. The normalized spacial score (nSPS) is 12.2. The molecule has 198 valence electrons. The maximum absolute atomic E-state index is 15.0. The number of benzene rings is 2. The van der Waals surface area contributed by atoms with Crippen LogP contribution in [0.4, 0.5) is 23.2 Å². The summed E-state index contributed by atoms with van der Waals surface area (Å²) in [5.74, 6) is -2.54. The summed E-state index contributed by atoms with van der Waals surface area (Å²) in [4.78, 5) is 38.4. The highest BCUT2D eigenvalue weighted by Gasteiger charge is 2.36. The van der Waals surface area contributed by atoms with Crippen LogP contribution in [0.25, 0.3) is 11.8 Å². The van der Waals surface area contributed by atoms with E-state index < -0.39 is 61.8 Å². The fourth-order valence-electron chi connectivity index (χ4n) is 3.56. The average molecular weight is 550 g/mol. The lowest BCUT2D eigenvalue weighted by atomic mass is 10.1. The molecular formula is C24H18F4N4O5S. The van der Waals surface area contributed by atoms with E-state index in [0.29, 0.717) is 31.0 Å². The van der Waals surface area contributed by atoms with Gasteiger partial charge >= 0.3 is 11.9 Å². The SMILES string of the molecule is C/C(=C\c1ccccc1)C(=O)N(c1cc(-n2c(=O)cc(C(F)(F)F)n(C)c2=O)c(F)cc1C#N)S(C)(=O)=O. The summed E-state index contributed by atoms with van der Waals surface area (Å²) < 4.78 is 80.3. The van der Waals surface area contributed by atoms with Gasteiger partial charge in [-0.25, -0.2) is 26.5 Å². The highest BCUT2D eigenvalue weighted by molar-refractivity contribution is 7.92. The molecule has 0 aliphatic heterocycles. The molecule has 0 fully saturated rings. The molecule has 0 N–H and O–H groups in total. The molecule has 1 amide bonds. The largest absolute Gasteiger partial charge is 0.431 e. The number of aromatic nitrogens is 2. The number of sulfonamides is 1. The number of carbonyl (C=O) groups is 1. The molecule has 0 spiro atoms. The molecule has 1 aromatic heterocycles. The van der Waals surface area contributed by atoms with Crippen molar-refractivity contribution < 1.29 is 30.8 Å². The van der Waals surface area contributed by atoms with Crippen LogP contribution in [-0.4, -0.2) is 29.7 Å². The van der Waals surface area contributed by atoms with E-state index in [2.05, 4.69) is 0 Å². The molecule has 9 nitrogen and oxygen atoms in total. The summed E-state index contributed by atoms with van der Waals surface area (Å²) in [6.45, 7) is 1.29. The molecule has 38 heavy (non-hydrogen) atoms. The summed E-state index contributed by atoms with van der Waals surface area (Å²) in [6, 6.07) is 10.9. The van der Waals surface area contributed by atoms with Crippen LogP contribution in [0.1, 0.15) is 23.7 Å². The van der Waals surface area contributed by atoms with Gasteiger partial charge < -0.3 is 0 Å². The van der Waals surface area contributed by atoms with Gasteiger partial charge in [0, 0.05) is 18.7 Å². The lowest BCUT2D eigenvalue weighted by Gasteiger charge is -2.23. The molecule has 2 aromatic carbocycles. The summed E-state index contributed by atoms with van der Waals surface area (Å²) >= 11 is 0. The van der Waals surface area contributed by atoms with Gasteiger partial charge in [0.2, 0.25) is 10.0 Å². The van der Waals surface area contributed by atoms with Gasteiger partial charge in [-0.05, 0) is 30.7 Å². The predicted molar refractivity (Wildman–Crippen MR) is 129 cm³/mol. The van der Waals surface area contributed by atoms with Crippen molar-refractivity contribution in [3.05, 3.63) is 97.6 Å². The molecular weight excluding hydrogens is 532 g/mol. The molecule has 3 rings (SSSR count). The standard InChI is InChI=1S/C24H18F4N4O5S/c1-14(9-15-7-5-4-6-8-15)22(34)32(38(3,36)37)18-11-19(17(25)10-16(18)13-29)31-21(33)12-20(24(26,27)28)30(2)23(31)35/h4-12H,1-3H3/b14-9+. The van der Waals surface area contributed by atoms with Gasteiger partial charge in [0.15, 0.2) is 0 Å². The van der Waals surface area contributed by atoms with Crippen LogP contribution in [0.15, 0.2) is 63.7 Å². The van der Waals surface area contributed by atoms with Gasteiger partial charge in [-0.3, -0.25) is 14.2 Å². The summed E-state index contributed by atoms with van der Waals surface area (Å²) in [5.41, 5.74) is -6.70. The van der Waals surface area contributed by atoms with Crippen molar-refractivity contribution in [2.75, 3.05) is 10.6 Å². The van der Waals surface area contributed by atoms with Crippen LogP contribution in [-0.2, 0) is 28.0 Å². The third kappa shape index (κ3) is 5.42. The smallest absolute Gasteiger partial charge is 0.292 e. The Kier molecular flexibility index (Phi) is 7.46. The highest BCUT2D eigenvalue weighted by atomic mass is 32.2. The zero-order valence-electron chi connectivity index (χ0n) is 19.9. The number of rotatable bonds is 5. The molecule has 0 aliphatic carbocycles. The van der Waals surface area contributed by atoms with Gasteiger partial charge in [-0.15, -0.1) is 0 Å². The minimum atomic E-state index is -5.08. The first-order valence-electron chi connectivity index (χ1n) is 10.5. The Labute approximate surface area is 213 Å². The Morgan fingerprint density at radius 1 is 1.11 bits per heavy atom. The van der Waals surface area contributed by atoms with E-state index in [0.717, 1.165) is 0 Å². The van der Waals surface area contributed by atoms with Crippen LogP contribution < -0.4 is 15.6 Å². The number of hydrogen-bond donors (Lipinski definition) is 0. The van der Waals surface area contributed by atoms with Crippen molar-refractivity contribution in [2.24, 2.45) is 7.05 Å². The number of anilines is 1. The number of alkyl halides is 3. The van der Waals surface area contributed by atoms with Crippen LogP contribution in [0, 0.1) is 17.1 Å². The lowest BCUT2D eigenvalue weighted by molar-refractivity contribution is -0.144. The van der Waals surface area contributed by atoms with Gasteiger partial charge in [-0.1, -0.05) is 30.3 Å². The number of hydrogen-bond acceptors (Lipinski definition) is 6. The number of carbonyl (C=O) groups excluding carboxylic acids is 1. The highest BCUT2D eigenvalue weighted by Crippen LogP contribution is 2.30. The molecule has 1 heterocycles. The molecule has 0 unspecified atom stereocenters. The van der Waals surface area contributed by atoms with E-state index in [-0.39, 0.29) is 25.1 Å². The Morgan fingerprint density at radius 3 is 2.24 bits per heavy atom. The molecule has 0 saturated carbocycles. The second-order valence-electron chi connectivity index (χ2n) is 8.05. The first-order valence-corrected chi connectivity index (χ1v) is 12.3. The van der Waals surface area contributed by atoms with Gasteiger partial charge in [0.1, 0.15) is 17.6 Å². The topological polar surface area (TPSA) is 122 Å². The lowest BCUT2D eigenvalue weighted by Crippen LogP contribution is -2.41. The van der Waals surface area contributed by atoms with E-state index >= 15 is 0 Å². The van der Waals surface area contributed by atoms with Crippen LogP contribution >= 0.6 is 0 Å². The summed E-state index contributed by atoms with van der Waals surface area (Å²) in [7, 11) is -3.80. The van der Waals surface area contributed by atoms with Crippen LogP contribution in [0.3, 0.4) is 0 Å². The Hall–Kier alpha value is -4.51. The Balaban J connectivity index is 2.32. The van der Waals surface area contributed by atoms with Crippen molar-refractivity contribution in [1.29, 1.82) is 5.26 Å². The monoisotopic (exact) mass is 550 g/mol. The zero-order chi connectivity index (χ0) is 28.6. The number of nitrogens with zero attached hydrogens (tertiary/aromatic N) is 4. The van der Waals surface area contributed by atoms with Crippen molar-refractivity contribution in [2.45, 2.75) is 13.1 Å². The second kappa shape index (κ2) is 10.1. The molecule has 14 heteroatoms. The minimum Gasteiger partial charge on any atom is -0.292 e. The molecule has 0 bridgehead atoms. The third-order valence-electron chi connectivity index (χ3n) is 5.29. The van der Waals surface area contributed by atoms with Crippen LogP contribution in [0.5, 0.6) is 0 Å². The average Bonchev–Trinajstić information content (AvgIpc) is 2.82. The number of amides is 1.